The van der Waals surface area contributed by atoms with Crippen LogP contribution in [0.5, 0.6) is 0 Å². The van der Waals surface area contributed by atoms with Crippen molar-refractivity contribution in [3.63, 3.8) is 0 Å². The molecule has 3 aromatic rings. The Balaban J connectivity index is 1.69. The van der Waals surface area contributed by atoms with Crippen LogP contribution in [0.25, 0.3) is 0 Å². The highest BCUT2D eigenvalue weighted by atomic mass is 16.1. The van der Waals surface area contributed by atoms with Gasteiger partial charge in [0.05, 0.1) is 12.5 Å². The third-order valence-corrected chi connectivity index (χ3v) is 3.72. The molecule has 2 aromatic carbocycles. The normalized spacial score (nSPS) is 11.9. The van der Waals surface area contributed by atoms with Gasteiger partial charge in [-0.25, -0.2) is 0 Å². The maximum absolute atomic E-state index is 12.4. The molecule has 0 aliphatic rings. The highest BCUT2D eigenvalue weighted by molar-refractivity contribution is 5.95. The highest BCUT2D eigenvalue weighted by Crippen LogP contribution is 2.18. The number of hydrogen-bond acceptors (Lipinski definition) is 3. The summed E-state index contributed by atoms with van der Waals surface area (Å²) in [6.07, 6.45) is 3.34. The van der Waals surface area contributed by atoms with Crippen LogP contribution in [-0.2, 0) is 11.3 Å². The van der Waals surface area contributed by atoms with Gasteiger partial charge in [0.2, 0.25) is 5.91 Å². The van der Waals surface area contributed by atoms with E-state index < -0.39 is 0 Å². The lowest BCUT2D eigenvalue weighted by molar-refractivity contribution is -0.117. The van der Waals surface area contributed by atoms with E-state index in [1.165, 1.54) is 0 Å². The molecule has 1 unspecified atom stereocenters. The van der Waals surface area contributed by atoms with Crippen LogP contribution in [0.1, 0.15) is 24.0 Å². The molecule has 0 aliphatic heterocycles. The molecule has 0 aliphatic carbocycles. The van der Waals surface area contributed by atoms with Crippen molar-refractivity contribution < 1.29 is 4.79 Å². The maximum atomic E-state index is 12.4. The molecule has 5 heteroatoms. The standard InChI is InChI=1S/C18H18N4O/c1-14(16-7-3-2-4-8-16)18(23)21-17-9-5-6-15(10-17)11-22-12-19-20-13-22/h2-10,12-14H,11H2,1H3,(H,21,23). The van der Waals surface area contributed by atoms with Crippen LogP contribution in [-0.4, -0.2) is 20.7 Å². The topological polar surface area (TPSA) is 59.8 Å². The van der Waals surface area contributed by atoms with E-state index in [2.05, 4.69) is 15.5 Å². The second-order valence-electron chi connectivity index (χ2n) is 5.46. The van der Waals surface area contributed by atoms with E-state index in [9.17, 15) is 4.79 Å². The van der Waals surface area contributed by atoms with Gasteiger partial charge in [-0.3, -0.25) is 4.79 Å². The first-order chi connectivity index (χ1) is 11.2. The molecule has 3 rings (SSSR count). The summed E-state index contributed by atoms with van der Waals surface area (Å²) >= 11 is 0. The molecule has 0 radical (unpaired) electrons. The Morgan fingerprint density at radius 3 is 2.57 bits per heavy atom. The van der Waals surface area contributed by atoms with E-state index in [0.29, 0.717) is 6.54 Å². The van der Waals surface area contributed by atoms with Crippen molar-refractivity contribution in [3.05, 3.63) is 78.4 Å². The molecule has 0 saturated carbocycles. The average Bonchev–Trinajstić information content (AvgIpc) is 3.08. The number of aromatic nitrogens is 3. The van der Waals surface area contributed by atoms with Gasteiger partial charge in [0.25, 0.3) is 0 Å². The number of carbonyl (C=O) groups is 1. The molecule has 0 saturated heterocycles. The predicted molar refractivity (Wildman–Crippen MR) is 89.1 cm³/mol. The van der Waals surface area contributed by atoms with Crippen LogP contribution in [0.15, 0.2) is 67.3 Å². The summed E-state index contributed by atoms with van der Waals surface area (Å²) in [4.78, 5) is 12.4. The van der Waals surface area contributed by atoms with Crippen molar-refractivity contribution in [3.8, 4) is 0 Å². The largest absolute Gasteiger partial charge is 0.326 e. The third-order valence-electron chi connectivity index (χ3n) is 3.72. The monoisotopic (exact) mass is 306 g/mol. The van der Waals surface area contributed by atoms with Gasteiger partial charge in [-0.05, 0) is 30.2 Å². The van der Waals surface area contributed by atoms with Crippen molar-refractivity contribution >= 4 is 11.6 Å². The smallest absolute Gasteiger partial charge is 0.231 e. The van der Waals surface area contributed by atoms with E-state index in [1.807, 2.05) is 66.1 Å². The lowest BCUT2D eigenvalue weighted by Gasteiger charge is -2.13. The summed E-state index contributed by atoms with van der Waals surface area (Å²) in [5.41, 5.74) is 2.88. The van der Waals surface area contributed by atoms with E-state index >= 15 is 0 Å². The van der Waals surface area contributed by atoms with Gasteiger partial charge in [-0.1, -0.05) is 42.5 Å². The fourth-order valence-corrected chi connectivity index (χ4v) is 2.41. The Hall–Kier alpha value is -2.95. The van der Waals surface area contributed by atoms with Gasteiger partial charge < -0.3 is 9.88 Å². The molecule has 23 heavy (non-hydrogen) atoms. The first-order valence-electron chi connectivity index (χ1n) is 7.49. The Kier molecular flexibility index (Phi) is 4.47. The fraction of sp³-hybridized carbons (Fsp3) is 0.167. The van der Waals surface area contributed by atoms with Crippen molar-refractivity contribution in [1.29, 1.82) is 0 Å². The minimum Gasteiger partial charge on any atom is -0.326 e. The fourth-order valence-electron chi connectivity index (χ4n) is 2.41. The van der Waals surface area contributed by atoms with Crippen LogP contribution in [0.2, 0.25) is 0 Å². The third kappa shape index (κ3) is 3.83. The number of anilines is 1. The number of nitrogens with one attached hydrogen (secondary N) is 1. The van der Waals surface area contributed by atoms with Gasteiger partial charge in [0, 0.05) is 5.69 Å². The molecule has 1 aromatic heterocycles. The molecule has 5 nitrogen and oxygen atoms in total. The summed E-state index contributed by atoms with van der Waals surface area (Å²) in [6, 6.07) is 17.6. The molecule has 1 N–H and O–H groups in total. The summed E-state index contributed by atoms with van der Waals surface area (Å²) in [7, 11) is 0. The lowest BCUT2D eigenvalue weighted by atomic mass is 10.0. The first kappa shape index (κ1) is 15.0. The summed E-state index contributed by atoms with van der Waals surface area (Å²) in [5.74, 6) is -0.213. The average molecular weight is 306 g/mol. The Morgan fingerprint density at radius 2 is 1.83 bits per heavy atom. The molecule has 0 bridgehead atoms. The molecule has 116 valence electrons. The minimum atomic E-state index is -0.197. The molecule has 1 heterocycles. The van der Waals surface area contributed by atoms with Gasteiger partial charge in [-0.2, -0.15) is 0 Å². The van der Waals surface area contributed by atoms with Crippen molar-refractivity contribution in [2.45, 2.75) is 19.4 Å². The Bertz CT molecular complexity index is 769. The zero-order valence-corrected chi connectivity index (χ0v) is 12.9. The number of hydrogen-bond donors (Lipinski definition) is 1. The Morgan fingerprint density at radius 1 is 1.09 bits per heavy atom. The quantitative estimate of drug-likeness (QED) is 0.788. The second-order valence-corrected chi connectivity index (χ2v) is 5.46. The predicted octanol–water partition coefficient (Wildman–Crippen LogP) is 3.07. The Labute approximate surface area is 135 Å². The van der Waals surface area contributed by atoms with E-state index in [0.717, 1.165) is 16.8 Å². The van der Waals surface area contributed by atoms with E-state index in [4.69, 9.17) is 0 Å². The van der Waals surface area contributed by atoms with E-state index in [1.54, 1.807) is 12.7 Å². The van der Waals surface area contributed by atoms with Gasteiger partial charge in [0.15, 0.2) is 0 Å². The van der Waals surface area contributed by atoms with Crippen molar-refractivity contribution in [2.75, 3.05) is 5.32 Å². The van der Waals surface area contributed by atoms with Gasteiger partial charge in [-0.15, -0.1) is 10.2 Å². The van der Waals surface area contributed by atoms with Gasteiger partial charge >= 0.3 is 0 Å². The number of benzene rings is 2. The zero-order valence-electron chi connectivity index (χ0n) is 12.9. The molecule has 1 amide bonds. The molecular formula is C18H18N4O. The van der Waals surface area contributed by atoms with Crippen LogP contribution in [0.4, 0.5) is 5.69 Å². The molecule has 0 spiro atoms. The maximum Gasteiger partial charge on any atom is 0.231 e. The zero-order chi connectivity index (χ0) is 16.1. The second kappa shape index (κ2) is 6.87. The van der Waals surface area contributed by atoms with Crippen LogP contribution in [0.3, 0.4) is 0 Å². The van der Waals surface area contributed by atoms with Crippen molar-refractivity contribution in [1.82, 2.24) is 14.8 Å². The van der Waals surface area contributed by atoms with E-state index in [-0.39, 0.29) is 11.8 Å². The molecular weight excluding hydrogens is 288 g/mol. The lowest BCUT2D eigenvalue weighted by Crippen LogP contribution is -2.18. The van der Waals surface area contributed by atoms with Crippen molar-refractivity contribution in [2.24, 2.45) is 0 Å². The summed E-state index contributed by atoms with van der Waals surface area (Å²) in [6.45, 7) is 2.58. The van der Waals surface area contributed by atoms with Crippen LogP contribution < -0.4 is 5.32 Å². The summed E-state index contributed by atoms with van der Waals surface area (Å²) < 4.78 is 1.88. The molecule has 1 atom stereocenters. The first-order valence-corrected chi connectivity index (χ1v) is 7.49. The number of carbonyl (C=O) groups excluding carboxylic acids is 1. The highest BCUT2D eigenvalue weighted by Gasteiger charge is 2.14. The number of rotatable bonds is 5. The molecule has 0 fully saturated rings. The SMILES string of the molecule is CC(C(=O)Nc1cccc(Cn2cnnc2)c1)c1ccccc1. The summed E-state index contributed by atoms with van der Waals surface area (Å²) in [5, 5.41) is 10.6. The van der Waals surface area contributed by atoms with Crippen LogP contribution in [0, 0.1) is 0 Å². The number of amides is 1. The number of nitrogens with zero attached hydrogens (tertiary/aromatic N) is 3. The minimum absolute atomic E-state index is 0.0161. The van der Waals surface area contributed by atoms with Gasteiger partial charge in [0.1, 0.15) is 12.7 Å². The van der Waals surface area contributed by atoms with Crippen LogP contribution >= 0.6 is 0 Å².